The zero-order valence-corrected chi connectivity index (χ0v) is 12.9. The van der Waals surface area contributed by atoms with Gasteiger partial charge in [-0.15, -0.1) is 0 Å². The van der Waals surface area contributed by atoms with Crippen LogP contribution in [0.1, 0.15) is 29.3 Å². The van der Waals surface area contributed by atoms with Gasteiger partial charge in [-0.25, -0.2) is 5.48 Å². The van der Waals surface area contributed by atoms with Gasteiger partial charge in [0, 0.05) is 24.3 Å². The minimum atomic E-state index is -0.593. The first-order chi connectivity index (χ1) is 11.1. The molecule has 1 aromatic carbocycles. The molecule has 0 saturated carbocycles. The summed E-state index contributed by atoms with van der Waals surface area (Å²) in [6.45, 7) is 3.85. The van der Waals surface area contributed by atoms with Gasteiger partial charge in [0.15, 0.2) is 0 Å². The van der Waals surface area contributed by atoms with Gasteiger partial charge in [-0.05, 0) is 25.5 Å². The van der Waals surface area contributed by atoms with Crippen molar-refractivity contribution in [3.05, 3.63) is 29.3 Å². The molecule has 0 aliphatic carbocycles. The third kappa shape index (κ3) is 3.16. The first-order valence-electron chi connectivity index (χ1n) is 7.68. The average Bonchev–Trinajstić information content (AvgIpc) is 3.05. The van der Waals surface area contributed by atoms with E-state index in [1.807, 2.05) is 11.8 Å². The van der Waals surface area contributed by atoms with E-state index in [4.69, 9.17) is 14.7 Å². The van der Waals surface area contributed by atoms with Crippen LogP contribution in [0.15, 0.2) is 18.2 Å². The molecule has 0 bridgehead atoms. The van der Waals surface area contributed by atoms with Crippen LogP contribution in [-0.2, 0) is 16.1 Å². The zero-order valence-electron chi connectivity index (χ0n) is 12.9. The monoisotopic (exact) mass is 320 g/mol. The van der Waals surface area contributed by atoms with E-state index in [0.29, 0.717) is 37.7 Å². The fraction of sp³-hybridized carbons (Fsp3) is 0.500. The van der Waals surface area contributed by atoms with Crippen molar-refractivity contribution >= 4 is 11.8 Å². The van der Waals surface area contributed by atoms with Gasteiger partial charge < -0.3 is 14.4 Å². The van der Waals surface area contributed by atoms with E-state index < -0.39 is 5.91 Å². The molecule has 2 amide bonds. The first-order valence-corrected chi connectivity index (χ1v) is 7.68. The van der Waals surface area contributed by atoms with Crippen LogP contribution in [0, 0.1) is 5.92 Å². The number of amides is 2. The molecular weight excluding hydrogens is 300 g/mol. The van der Waals surface area contributed by atoms with Crippen LogP contribution >= 0.6 is 0 Å². The van der Waals surface area contributed by atoms with Crippen LogP contribution in [0.3, 0.4) is 0 Å². The molecule has 0 radical (unpaired) electrons. The number of carbonyl (C=O) groups is 2. The van der Waals surface area contributed by atoms with Gasteiger partial charge in [-0.1, -0.05) is 6.07 Å². The number of nitrogens with one attached hydrogen (secondary N) is 1. The second-order valence-corrected chi connectivity index (χ2v) is 5.95. The normalized spacial score (nSPS) is 23.7. The number of hydrogen-bond donors (Lipinski definition) is 2. The van der Waals surface area contributed by atoms with E-state index in [1.165, 1.54) is 0 Å². The maximum absolute atomic E-state index is 12.7. The highest BCUT2D eigenvalue weighted by Crippen LogP contribution is 2.28. The number of hydrogen-bond acceptors (Lipinski definition) is 5. The van der Waals surface area contributed by atoms with Crippen molar-refractivity contribution in [3.8, 4) is 5.75 Å². The highest BCUT2D eigenvalue weighted by atomic mass is 16.5. The number of rotatable bonds is 2. The van der Waals surface area contributed by atoms with Crippen molar-refractivity contribution in [2.45, 2.75) is 25.9 Å². The van der Waals surface area contributed by atoms with Crippen molar-refractivity contribution in [3.63, 3.8) is 0 Å². The maximum atomic E-state index is 12.7. The standard InChI is InChI=1S/C16H20N2O5/c1-10-8-23-14-6-11(15(19)17-21)2-3-12(14)7-18(10)16(20)13-4-5-22-9-13/h2-3,6,10,13,21H,4-5,7-9H2,1H3,(H,17,19). The summed E-state index contributed by atoms with van der Waals surface area (Å²) in [5.74, 6) is -0.0253. The molecule has 1 fully saturated rings. The Balaban J connectivity index is 1.83. The second-order valence-electron chi connectivity index (χ2n) is 5.95. The molecular formula is C16H20N2O5. The topological polar surface area (TPSA) is 88.1 Å². The number of fused-ring (bicyclic) bond motifs is 1. The number of carbonyl (C=O) groups excluding carboxylic acids is 2. The lowest BCUT2D eigenvalue weighted by molar-refractivity contribution is -0.138. The molecule has 2 heterocycles. The Morgan fingerprint density at radius 1 is 1.35 bits per heavy atom. The molecule has 23 heavy (non-hydrogen) atoms. The van der Waals surface area contributed by atoms with Crippen LogP contribution in [0.25, 0.3) is 0 Å². The maximum Gasteiger partial charge on any atom is 0.274 e. The molecule has 7 heteroatoms. The van der Waals surface area contributed by atoms with E-state index >= 15 is 0 Å². The molecule has 2 aliphatic heterocycles. The number of nitrogens with zero attached hydrogens (tertiary/aromatic N) is 1. The Kier molecular flexibility index (Phi) is 4.49. The van der Waals surface area contributed by atoms with E-state index in [-0.39, 0.29) is 17.9 Å². The molecule has 1 saturated heterocycles. The quantitative estimate of drug-likeness (QED) is 0.626. The summed E-state index contributed by atoms with van der Waals surface area (Å²) in [6.07, 6.45) is 0.755. The van der Waals surface area contributed by atoms with Gasteiger partial charge >= 0.3 is 0 Å². The molecule has 124 valence electrons. The zero-order chi connectivity index (χ0) is 16.4. The summed E-state index contributed by atoms with van der Waals surface area (Å²) in [4.78, 5) is 26.0. The molecule has 2 atom stereocenters. The lowest BCUT2D eigenvalue weighted by Crippen LogP contribution is -2.43. The molecule has 2 N–H and O–H groups in total. The predicted octanol–water partition coefficient (Wildman–Crippen LogP) is 0.952. The third-order valence-electron chi connectivity index (χ3n) is 4.35. The van der Waals surface area contributed by atoms with E-state index in [9.17, 15) is 9.59 Å². The van der Waals surface area contributed by atoms with Crippen LogP contribution in [0.5, 0.6) is 5.75 Å². The van der Waals surface area contributed by atoms with Crippen LogP contribution in [-0.4, -0.2) is 47.8 Å². The largest absolute Gasteiger partial charge is 0.491 e. The Labute approximate surface area is 134 Å². The fourth-order valence-corrected chi connectivity index (χ4v) is 2.92. The SMILES string of the molecule is CC1COc2cc(C(=O)NO)ccc2CN1C(=O)C1CCOC1. The van der Waals surface area contributed by atoms with Gasteiger partial charge in [-0.3, -0.25) is 14.8 Å². The van der Waals surface area contributed by atoms with Crippen LogP contribution in [0.4, 0.5) is 0 Å². The summed E-state index contributed by atoms with van der Waals surface area (Å²) in [5, 5.41) is 8.72. The number of benzene rings is 1. The molecule has 2 unspecified atom stereocenters. The Morgan fingerprint density at radius 3 is 2.87 bits per heavy atom. The summed E-state index contributed by atoms with van der Waals surface area (Å²) < 4.78 is 11.1. The molecule has 0 aromatic heterocycles. The highest BCUT2D eigenvalue weighted by Gasteiger charge is 2.32. The van der Waals surface area contributed by atoms with Crippen molar-refractivity contribution in [1.29, 1.82) is 0 Å². The highest BCUT2D eigenvalue weighted by molar-refractivity contribution is 5.93. The van der Waals surface area contributed by atoms with E-state index in [2.05, 4.69) is 0 Å². The minimum absolute atomic E-state index is 0.0642. The third-order valence-corrected chi connectivity index (χ3v) is 4.35. The number of ether oxygens (including phenoxy) is 2. The Bertz CT molecular complexity index is 612. The predicted molar refractivity (Wildman–Crippen MR) is 80.1 cm³/mol. The summed E-state index contributed by atoms with van der Waals surface area (Å²) in [6, 6.07) is 4.87. The molecule has 0 spiro atoms. The molecule has 7 nitrogen and oxygen atoms in total. The fourth-order valence-electron chi connectivity index (χ4n) is 2.92. The molecule has 1 aromatic rings. The van der Waals surface area contributed by atoms with Gasteiger partial charge in [0.1, 0.15) is 12.4 Å². The second kappa shape index (κ2) is 6.55. The van der Waals surface area contributed by atoms with Crippen molar-refractivity contribution in [2.75, 3.05) is 19.8 Å². The first kappa shape index (κ1) is 15.8. The van der Waals surface area contributed by atoms with Crippen molar-refractivity contribution in [1.82, 2.24) is 10.4 Å². The Hall–Kier alpha value is -2.12. The van der Waals surface area contributed by atoms with E-state index in [0.717, 1.165) is 12.0 Å². The summed E-state index contributed by atoms with van der Waals surface area (Å²) in [5.41, 5.74) is 2.76. The summed E-state index contributed by atoms with van der Waals surface area (Å²) in [7, 11) is 0. The van der Waals surface area contributed by atoms with E-state index in [1.54, 1.807) is 23.7 Å². The lowest BCUT2D eigenvalue weighted by Gasteiger charge is -2.28. The minimum Gasteiger partial charge on any atom is -0.491 e. The Morgan fingerprint density at radius 2 is 2.17 bits per heavy atom. The molecule has 2 aliphatic rings. The van der Waals surface area contributed by atoms with Crippen molar-refractivity contribution < 1.29 is 24.3 Å². The van der Waals surface area contributed by atoms with Gasteiger partial charge in [0.25, 0.3) is 5.91 Å². The van der Waals surface area contributed by atoms with Crippen LogP contribution in [0.2, 0.25) is 0 Å². The van der Waals surface area contributed by atoms with Gasteiger partial charge in [-0.2, -0.15) is 0 Å². The van der Waals surface area contributed by atoms with Crippen LogP contribution < -0.4 is 10.2 Å². The van der Waals surface area contributed by atoms with Gasteiger partial charge in [0.2, 0.25) is 5.91 Å². The average molecular weight is 320 g/mol. The summed E-state index contributed by atoms with van der Waals surface area (Å²) >= 11 is 0. The van der Waals surface area contributed by atoms with Crippen molar-refractivity contribution in [2.24, 2.45) is 5.92 Å². The number of hydroxylamine groups is 1. The lowest BCUT2D eigenvalue weighted by atomic mass is 10.0. The van der Waals surface area contributed by atoms with Gasteiger partial charge in [0.05, 0.1) is 18.6 Å². The molecule has 3 rings (SSSR count). The smallest absolute Gasteiger partial charge is 0.274 e.